The minimum atomic E-state index is 0.0403. The molecule has 1 aliphatic rings. The van der Waals surface area contributed by atoms with Crippen LogP contribution in [-0.2, 0) is 16.0 Å². The zero-order valence-corrected chi connectivity index (χ0v) is 14.8. The normalized spacial score (nSPS) is 15.8. The molecule has 0 aliphatic carbocycles. The van der Waals surface area contributed by atoms with Crippen molar-refractivity contribution in [1.82, 2.24) is 5.32 Å². The van der Waals surface area contributed by atoms with E-state index in [9.17, 15) is 9.59 Å². The molecule has 0 saturated heterocycles. The second-order valence-corrected chi connectivity index (χ2v) is 6.69. The second-order valence-electron chi connectivity index (χ2n) is 6.69. The Labute approximate surface area is 148 Å². The molecule has 1 atom stereocenters. The summed E-state index contributed by atoms with van der Waals surface area (Å²) < 4.78 is 0. The summed E-state index contributed by atoms with van der Waals surface area (Å²) in [6, 6.07) is 16.1. The molecule has 0 radical (unpaired) electrons. The highest BCUT2D eigenvalue weighted by Crippen LogP contribution is 2.37. The Morgan fingerprint density at radius 1 is 1.12 bits per heavy atom. The number of anilines is 1. The highest BCUT2D eigenvalue weighted by Gasteiger charge is 2.29. The molecule has 0 spiro atoms. The van der Waals surface area contributed by atoms with Gasteiger partial charge in [-0.2, -0.15) is 0 Å². The molecule has 2 amide bonds. The van der Waals surface area contributed by atoms with Crippen molar-refractivity contribution in [3.8, 4) is 0 Å². The summed E-state index contributed by atoms with van der Waals surface area (Å²) >= 11 is 0. The Kier molecular flexibility index (Phi) is 5.17. The van der Waals surface area contributed by atoms with E-state index in [1.807, 2.05) is 54.3 Å². The number of carbonyl (C=O) groups excluding carboxylic acids is 2. The number of hydrogen-bond donors (Lipinski definition) is 1. The van der Waals surface area contributed by atoms with E-state index in [0.717, 1.165) is 17.7 Å². The van der Waals surface area contributed by atoms with Crippen LogP contribution in [-0.4, -0.2) is 24.9 Å². The molecular weight excluding hydrogens is 312 g/mol. The van der Waals surface area contributed by atoms with E-state index in [-0.39, 0.29) is 17.7 Å². The average Bonchev–Trinajstić information content (AvgIpc) is 2.96. The molecular formula is C21H24N2O2. The predicted molar refractivity (Wildman–Crippen MR) is 99.7 cm³/mol. The number of amides is 2. The fourth-order valence-corrected chi connectivity index (χ4v) is 3.38. The molecule has 3 rings (SSSR count). The third-order valence-electron chi connectivity index (χ3n) is 4.75. The van der Waals surface area contributed by atoms with Gasteiger partial charge in [0.2, 0.25) is 11.8 Å². The first-order valence-electron chi connectivity index (χ1n) is 8.74. The van der Waals surface area contributed by atoms with Crippen molar-refractivity contribution in [3.05, 3.63) is 65.2 Å². The molecule has 0 saturated carbocycles. The van der Waals surface area contributed by atoms with Crippen molar-refractivity contribution in [3.63, 3.8) is 0 Å². The first-order valence-corrected chi connectivity index (χ1v) is 8.74. The second kappa shape index (κ2) is 7.51. The van der Waals surface area contributed by atoms with E-state index in [2.05, 4.69) is 11.4 Å². The van der Waals surface area contributed by atoms with E-state index in [1.165, 1.54) is 11.1 Å². The molecule has 4 heteroatoms. The Morgan fingerprint density at radius 3 is 2.56 bits per heavy atom. The van der Waals surface area contributed by atoms with Crippen molar-refractivity contribution in [1.29, 1.82) is 0 Å². The first kappa shape index (κ1) is 17.2. The zero-order valence-electron chi connectivity index (χ0n) is 14.8. The van der Waals surface area contributed by atoms with Gasteiger partial charge in [0.1, 0.15) is 0 Å². The van der Waals surface area contributed by atoms with Gasteiger partial charge in [0, 0.05) is 31.6 Å². The maximum absolute atomic E-state index is 12.1. The molecule has 0 aromatic heterocycles. The van der Waals surface area contributed by atoms with Gasteiger partial charge >= 0.3 is 0 Å². The van der Waals surface area contributed by atoms with Crippen LogP contribution in [0.15, 0.2) is 48.5 Å². The summed E-state index contributed by atoms with van der Waals surface area (Å²) in [6.45, 7) is 4.95. The number of benzene rings is 2. The van der Waals surface area contributed by atoms with E-state index in [1.54, 1.807) is 6.92 Å². The molecule has 1 N–H and O–H groups in total. The Balaban J connectivity index is 1.53. The topological polar surface area (TPSA) is 49.4 Å². The fraction of sp³-hybridized carbons (Fsp3) is 0.333. The molecule has 1 unspecified atom stereocenters. The molecule has 1 heterocycles. The quantitative estimate of drug-likeness (QED) is 0.911. The van der Waals surface area contributed by atoms with Crippen molar-refractivity contribution in [2.45, 2.75) is 32.6 Å². The van der Waals surface area contributed by atoms with Crippen LogP contribution < -0.4 is 10.2 Å². The standard InChI is InChI=1S/C21H24N2O2/c1-15-7-9-17(10-8-15)13-21(25)22-12-11-18-14-23(16(2)24)20-6-4-3-5-19(18)20/h3-10,18H,11-14H2,1-2H3,(H,22,25). The average molecular weight is 336 g/mol. The van der Waals surface area contributed by atoms with Gasteiger partial charge in [-0.3, -0.25) is 9.59 Å². The summed E-state index contributed by atoms with van der Waals surface area (Å²) in [5.41, 5.74) is 4.42. The molecule has 130 valence electrons. The third-order valence-corrected chi connectivity index (χ3v) is 4.75. The van der Waals surface area contributed by atoms with E-state index in [4.69, 9.17) is 0 Å². The van der Waals surface area contributed by atoms with Gasteiger partial charge in [0.05, 0.1) is 6.42 Å². The van der Waals surface area contributed by atoms with Gasteiger partial charge in [0.25, 0.3) is 0 Å². The van der Waals surface area contributed by atoms with Crippen LogP contribution in [0.1, 0.15) is 36.0 Å². The predicted octanol–water partition coefficient (Wildman–Crippen LogP) is 3.19. The molecule has 1 aliphatic heterocycles. The summed E-state index contributed by atoms with van der Waals surface area (Å²) in [7, 11) is 0. The highest BCUT2D eigenvalue weighted by molar-refractivity contribution is 5.94. The lowest BCUT2D eigenvalue weighted by Gasteiger charge is -2.15. The number of nitrogens with one attached hydrogen (secondary N) is 1. The van der Waals surface area contributed by atoms with Crippen LogP contribution in [0.25, 0.3) is 0 Å². The number of para-hydroxylation sites is 1. The summed E-state index contributed by atoms with van der Waals surface area (Å²) in [5, 5.41) is 3.01. The minimum Gasteiger partial charge on any atom is -0.356 e. The zero-order chi connectivity index (χ0) is 17.8. The monoisotopic (exact) mass is 336 g/mol. The maximum atomic E-state index is 12.1. The first-order chi connectivity index (χ1) is 12.0. The van der Waals surface area contributed by atoms with Crippen LogP contribution in [0.4, 0.5) is 5.69 Å². The maximum Gasteiger partial charge on any atom is 0.224 e. The number of carbonyl (C=O) groups is 2. The Morgan fingerprint density at radius 2 is 1.84 bits per heavy atom. The van der Waals surface area contributed by atoms with Gasteiger partial charge < -0.3 is 10.2 Å². The van der Waals surface area contributed by atoms with Crippen molar-refractivity contribution < 1.29 is 9.59 Å². The van der Waals surface area contributed by atoms with Crippen molar-refractivity contribution >= 4 is 17.5 Å². The van der Waals surface area contributed by atoms with E-state index < -0.39 is 0 Å². The van der Waals surface area contributed by atoms with Gasteiger partial charge in [0.15, 0.2) is 0 Å². The highest BCUT2D eigenvalue weighted by atomic mass is 16.2. The SMILES string of the molecule is CC(=O)N1CC(CCNC(=O)Cc2ccc(C)cc2)c2ccccc21. The van der Waals surface area contributed by atoms with E-state index >= 15 is 0 Å². The van der Waals surface area contributed by atoms with Gasteiger partial charge in [-0.1, -0.05) is 48.0 Å². The van der Waals surface area contributed by atoms with Crippen molar-refractivity contribution in [2.75, 3.05) is 18.0 Å². The van der Waals surface area contributed by atoms with Gasteiger partial charge in [-0.15, -0.1) is 0 Å². The van der Waals surface area contributed by atoms with E-state index in [0.29, 0.717) is 19.5 Å². The molecule has 2 aromatic carbocycles. The summed E-state index contributed by atoms with van der Waals surface area (Å²) in [5.74, 6) is 0.386. The van der Waals surface area contributed by atoms with Crippen LogP contribution >= 0.6 is 0 Å². The Hall–Kier alpha value is -2.62. The molecule has 2 aromatic rings. The van der Waals surface area contributed by atoms with Gasteiger partial charge in [-0.05, 0) is 30.5 Å². The van der Waals surface area contributed by atoms with Crippen LogP contribution in [0.5, 0.6) is 0 Å². The molecule has 0 fully saturated rings. The number of nitrogens with zero attached hydrogens (tertiary/aromatic N) is 1. The lowest BCUT2D eigenvalue weighted by molar-refractivity contribution is -0.120. The summed E-state index contributed by atoms with van der Waals surface area (Å²) in [4.78, 5) is 25.8. The molecule has 25 heavy (non-hydrogen) atoms. The summed E-state index contributed by atoms with van der Waals surface area (Å²) in [6.07, 6.45) is 1.24. The minimum absolute atomic E-state index is 0.0403. The smallest absolute Gasteiger partial charge is 0.224 e. The lowest BCUT2D eigenvalue weighted by atomic mass is 9.98. The molecule has 4 nitrogen and oxygen atoms in total. The lowest BCUT2D eigenvalue weighted by Crippen LogP contribution is -2.29. The fourth-order valence-electron chi connectivity index (χ4n) is 3.38. The number of fused-ring (bicyclic) bond motifs is 1. The number of aryl methyl sites for hydroxylation is 1. The largest absolute Gasteiger partial charge is 0.356 e. The molecule has 0 bridgehead atoms. The Bertz CT molecular complexity index is 768. The number of rotatable bonds is 5. The van der Waals surface area contributed by atoms with Crippen LogP contribution in [0, 0.1) is 6.92 Å². The number of hydrogen-bond acceptors (Lipinski definition) is 2. The van der Waals surface area contributed by atoms with Crippen molar-refractivity contribution in [2.24, 2.45) is 0 Å². The third kappa shape index (κ3) is 4.08. The van der Waals surface area contributed by atoms with Crippen LogP contribution in [0.2, 0.25) is 0 Å². The van der Waals surface area contributed by atoms with Gasteiger partial charge in [-0.25, -0.2) is 0 Å². The van der Waals surface area contributed by atoms with Crippen LogP contribution in [0.3, 0.4) is 0 Å².